The topological polar surface area (TPSA) is 56.1 Å². The van der Waals surface area contributed by atoms with Crippen LogP contribution >= 0.6 is 0 Å². The molecule has 1 amide bonds. The summed E-state index contributed by atoms with van der Waals surface area (Å²) >= 11 is 0. The highest BCUT2D eigenvalue weighted by atomic mass is 19.4. The number of amides is 1. The van der Waals surface area contributed by atoms with Gasteiger partial charge in [-0.15, -0.1) is 0 Å². The van der Waals surface area contributed by atoms with Gasteiger partial charge in [0.2, 0.25) is 0 Å². The number of alkyl halides is 3. The first-order valence-corrected chi connectivity index (χ1v) is 12.8. The van der Waals surface area contributed by atoms with Gasteiger partial charge < -0.3 is 20.0 Å². The number of imidazole rings is 1. The molecule has 1 aromatic carbocycles. The normalized spacial score (nSPS) is 21.3. The molecule has 1 aliphatic carbocycles. The molecule has 0 bridgehead atoms. The number of benzene rings is 1. The molecule has 7 nitrogen and oxygen atoms in total. The molecule has 0 radical (unpaired) electrons. The SMILES string of the molecule is CN1CCN(c2ccc(C(=O)NC3CCC(N(C)c4cccc5nc(C(F)(F)F)cn45)CC3)cc2)CC1. The maximum atomic E-state index is 13.2. The summed E-state index contributed by atoms with van der Waals surface area (Å²) in [5.74, 6) is 0.609. The number of hydrogen-bond donors (Lipinski definition) is 1. The Balaban J connectivity index is 1.17. The standard InChI is InChI=1S/C27H33F3N6O/c1-33-14-16-35(17-15-33)22-10-6-19(7-11-22)26(37)31-20-8-12-21(13-9-20)34(2)25-5-3-4-24-32-23(18-36(24)25)27(28,29)30/h3-7,10-11,18,20-21H,8-9,12-17H2,1-2H3,(H,31,37). The summed E-state index contributed by atoms with van der Waals surface area (Å²) in [5, 5.41) is 3.17. The molecule has 0 spiro atoms. The summed E-state index contributed by atoms with van der Waals surface area (Å²) in [5.41, 5.74) is 1.18. The van der Waals surface area contributed by atoms with E-state index in [1.54, 1.807) is 12.1 Å². The molecule has 2 aromatic heterocycles. The van der Waals surface area contributed by atoms with Gasteiger partial charge in [-0.1, -0.05) is 6.07 Å². The van der Waals surface area contributed by atoms with E-state index in [0.29, 0.717) is 11.4 Å². The molecule has 0 atom stereocenters. The molecule has 1 saturated carbocycles. The predicted molar refractivity (Wildman–Crippen MR) is 138 cm³/mol. The fraction of sp³-hybridized carbons (Fsp3) is 0.481. The van der Waals surface area contributed by atoms with E-state index in [1.165, 1.54) is 4.40 Å². The van der Waals surface area contributed by atoms with Gasteiger partial charge >= 0.3 is 6.18 Å². The van der Waals surface area contributed by atoms with Crippen LogP contribution in [0.3, 0.4) is 0 Å². The largest absolute Gasteiger partial charge is 0.434 e. The van der Waals surface area contributed by atoms with Gasteiger partial charge in [0, 0.05) is 62.8 Å². The summed E-state index contributed by atoms with van der Waals surface area (Å²) < 4.78 is 41.0. The van der Waals surface area contributed by atoms with Crippen LogP contribution in [0.2, 0.25) is 0 Å². The van der Waals surface area contributed by atoms with Crippen LogP contribution in [0.4, 0.5) is 24.7 Å². The van der Waals surface area contributed by atoms with Crippen LogP contribution in [0, 0.1) is 0 Å². The van der Waals surface area contributed by atoms with Gasteiger partial charge in [0.25, 0.3) is 5.91 Å². The fourth-order valence-corrected chi connectivity index (χ4v) is 5.37. The second-order valence-electron chi connectivity index (χ2n) is 10.2. The average molecular weight is 515 g/mol. The molecule has 198 valence electrons. The third kappa shape index (κ3) is 5.53. The zero-order chi connectivity index (χ0) is 26.2. The summed E-state index contributed by atoms with van der Waals surface area (Å²) in [6.07, 6.45) is -0.130. The molecule has 1 N–H and O–H groups in total. The van der Waals surface area contributed by atoms with E-state index in [2.05, 4.69) is 27.1 Å². The Hall–Kier alpha value is -3.27. The number of anilines is 2. The number of carbonyl (C=O) groups excluding carboxylic acids is 1. The molecule has 1 aliphatic heterocycles. The van der Waals surface area contributed by atoms with Crippen molar-refractivity contribution in [3.05, 3.63) is 59.9 Å². The highest BCUT2D eigenvalue weighted by molar-refractivity contribution is 5.94. The lowest BCUT2D eigenvalue weighted by Crippen LogP contribution is -2.44. The van der Waals surface area contributed by atoms with Crippen molar-refractivity contribution >= 4 is 23.1 Å². The number of likely N-dealkylation sites (N-methyl/N-ethyl adjacent to an activating group) is 1. The highest BCUT2D eigenvalue weighted by Gasteiger charge is 2.34. The number of carbonyl (C=O) groups is 1. The van der Waals surface area contributed by atoms with E-state index in [-0.39, 0.29) is 23.6 Å². The summed E-state index contributed by atoms with van der Waals surface area (Å²) in [6, 6.07) is 13.2. The van der Waals surface area contributed by atoms with Crippen molar-refractivity contribution in [1.29, 1.82) is 0 Å². The van der Waals surface area contributed by atoms with Gasteiger partial charge in [-0.25, -0.2) is 4.98 Å². The van der Waals surface area contributed by atoms with Crippen LogP contribution < -0.4 is 15.1 Å². The second-order valence-corrected chi connectivity index (χ2v) is 10.2. The van der Waals surface area contributed by atoms with Gasteiger partial charge in [0.15, 0.2) is 5.69 Å². The third-order valence-corrected chi connectivity index (χ3v) is 7.70. The van der Waals surface area contributed by atoms with Gasteiger partial charge in [-0.2, -0.15) is 13.2 Å². The second kappa shape index (κ2) is 10.2. The summed E-state index contributed by atoms with van der Waals surface area (Å²) in [6.45, 7) is 4.04. The summed E-state index contributed by atoms with van der Waals surface area (Å²) in [7, 11) is 4.04. The van der Waals surface area contributed by atoms with Gasteiger partial charge in [-0.05, 0) is 69.1 Å². The fourth-order valence-electron chi connectivity index (χ4n) is 5.37. The number of nitrogens with zero attached hydrogens (tertiary/aromatic N) is 5. The van der Waals surface area contributed by atoms with E-state index >= 15 is 0 Å². The van der Waals surface area contributed by atoms with Crippen molar-refractivity contribution in [3.8, 4) is 0 Å². The van der Waals surface area contributed by atoms with Crippen molar-refractivity contribution in [2.45, 2.75) is 43.9 Å². The molecule has 0 unspecified atom stereocenters. The minimum absolute atomic E-state index is 0.0652. The average Bonchev–Trinajstić information content (AvgIpc) is 3.35. The Bertz CT molecular complexity index is 1230. The first-order valence-electron chi connectivity index (χ1n) is 12.8. The minimum atomic E-state index is -4.48. The number of nitrogens with one attached hydrogen (secondary N) is 1. The lowest BCUT2D eigenvalue weighted by Gasteiger charge is -2.36. The van der Waals surface area contributed by atoms with Crippen molar-refractivity contribution in [1.82, 2.24) is 19.6 Å². The molecule has 37 heavy (non-hydrogen) atoms. The van der Waals surface area contributed by atoms with Crippen molar-refractivity contribution < 1.29 is 18.0 Å². The monoisotopic (exact) mass is 514 g/mol. The van der Waals surface area contributed by atoms with Crippen LogP contribution in [-0.2, 0) is 6.18 Å². The maximum absolute atomic E-state index is 13.2. The molecule has 2 aliphatic rings. The van der Waals surface area contributed by atoms with Gasteiger partial charge in [0.05, 0.1) is 0 Å². The lowest BCUT2D eigenvalue weighted by molar-refractivity contribution is -0.140. The van der Waals surface area contributed by atoms with E-state index in [4.69, 9.17) is 0 Å². The Labute approximate surface area is 214 Å². The zero-order valence-corrected chi connectivity index (χ0v) is 21.2. The maximum Gasteiger partial charge on any atom is 0.434 e. The number of hydrogen-bond acceptors (Lipinski definition) is 5. The quantitative estimate of drug-likeness (QED) is 0.551. The number of rotatable bonds is 5. The molecule has 2 fully saturated rings. The van der Waals surface area contributed by atoms with Gasteiger partial charge in [0.1, 0.15) is 11.5 Å². The first-order chi connectivity index (χ1) is 17.7. The first kappa shape index (κ1) is 25.4. The van der Waals surface area contributed by atoms with Crippen molar-refractivity contribution in [2.75, 3.05) is 50.1 Å². The molecule has 3 heterocycles. The Morgan fingerprint density at radius 3 is 2.32 bits per heavy atom. The van der Waals surface area contributed by atoms with Crippen LogP contribution in [0.5, 0.6) is 0 Å². The van der Waals surface area contributed by atoms with Crippen LogP contribution in [-0.4, -0.2) is 72.5 Å². The molecule has 1 saturated heterocycles. The van der Waals surface area contributed by atoms with E-state index in [1.807, 2.05) is 42.3 Å². The molecule has 3 aromatic rings. The number of pyridine rings is 1. The number of piperazine rings is 1. The van der Waals surface area contributed by atoms with Gasteiger partial charge in [-0.3, -0.25) is 9.20 Å². The summed E-state index contributed by atoms with van der Waals surface area (Å²) in [4.78, 5) is 23.3. The highest BCUT2D eigenvalue weighted by Crippen LogP contribution is 2.32. The number of halogens is 3. The lowest BCUT2D eigenvalue weighted by atomic mass is 9.90. The predicted octanol–water partition coefficient (Wildman–Crippen LogP) is 4.28. The van der Waals surface area contributed by atoms with E-state index in [9.17, 15) is 18.0 Å². The van der Waals surface area contributed by atoms with E-state index < -0.39 is 11.9 Å². The van der Waals surface area contributed by atoms with E-state index in [0.717, 1.165) is 63.7 Å². The zero-order valence-electron chi connectivity index (χ0n) is 21.2. The Morgan fingerprint density at radius 1 is 1.00 bits per heavy atom. The number of fused-ring (bicyclic) bond motifs is 1. The Kier molecular flexibility index (Phi) is 7.02. The van der Waals surface area contributed by atoms with Crippen molar-refractivity contribution in [3.63, 3.8) is 0 Å². The molecule has 10 heteroatoms. The van der Waals surface area contributed by atoms with Crippen molar-refractivity contribution in [2.24, 2.45) is 0 Å². The molecule has 5 rings (SSSR count). The molecular weight excluding hydrogens is 481 g/mol. The van der Waals surface area contributed by atoms with Crippen LogP contribution in [0.15, 0.2) is 48.7 Å². The minimum Gasteiger partial charge on any atom is -0.369 e. The van der Waals surface area contributed by atoms with Crippen LogP contribution in [0.1, 0.15) is 41.7 Å². The third-order valence-electron chi connectivity index (χ3n) is 7.70. The molecular formula is C27H33F3N6O. The number of aromatic nitrogens is 2. The Morgan fingerprint density at radius 2 is 1.68 bits per heavy atom. The van der Waals surface area contributed by atoms with Crippen LogP contribution in [0.25, 0.3) is 5.65 Å². The smallest absolute Gasteiger partial charge is 0.369 e.